The summed E-state index contributed by atoms with van der Waals surface area (Å²) in [4.78, 5) is 1.91. The molecule has 0 radical (unpaired) electrons. The fourth-order valence-corrected chi connectivity index (χ4v) is 2.44. The number of ether oxygens (including phenoxy) is 1. The van der Waals surface area contributed by atoms with E-state index in [1.165, 1.54) is 0 Å². The van der Waals surface area contributed by atoms with Crippen molar-refractivity contribution in [1.82, 2.24) is 0 Å². The van der Waals surface area contributed by atoms with E-state index >= 15 is 0 Å². The Hall–Kier alpha value is -2.64. The van der Waals surface area contributed by atoms with Gasteiger partial charge in [0.05, 0.1) is 26.0 Å². The van der Waals surface area contributed by atoms with Gasteiger partial charge in [-0.05, 0) is 42.8 Å². The van der Waals surface area contributed by atoms with E-state index in [4.69, 9.17) is 20.7 Å². The minimum absolute atomic E-state index is 0.0252. The Kier molecular flexibility index (Phi) is 6.73. The molecule has 2 aromatic carbocycles. The first-order chi connectivity index (χ1) is 12.1. The van der Waals surface area contributed by atoms with Crippen molar-refractivity contribution in [3.63, 3.8) is 0 Å². The van der Waals surface area contributed by atoms with Gasteiger partial charge in [-0.25, -0.2) is 0 Å². The van der Waals surface area contributed by atoms with Gasteiger partial charge in [-0.1, -0.05) is 0 Å². The second-order valence-electron chi connectivity index (χ2n) is 5.54. The third-order valence-electron chi connectivity index (χ3n) is 3.75. The van der Waals surface area contributed by atoms with E-state index in [-0.39, 0.29) is 13.2 Å². The molecule has 0 amide bonds. The molecular formula is C18H24N4O3. The summed E-state index contributed by atoms with van der Waals surface area (Å²) >= 11 is 0. The van der Waals surface area contributed by atoms with E-state index in [1.54, 1.807) is 25.3 Å². The van der Waals surface area contributed by atoms with Gasteiger partial charge >= 0.3 is 0 Å². The fourth-order valence-electron chi connectivity index (χ4n) is 2.44. The SMILES string of the molecule is COc1cc(N)ccc1/N=N/c1ccc(N(CCO)CCO)cc1C. The number of hydrogen-bond donors (Lipinski definition) is 3. The van der Waals surface area contributed by atoms with Crippen LogP contribution in [0.5, 0.6) is 5.75 Å². The standard InChI is InChI=1S/C18H24N4O3/c1-13-11-15(22(7-9-23)8-10-24)4-6-16(13)20-21-17-5-3-14(19)12-18(17)25-2/h3-6,11-12,23-24H,7-10,19H2,1-2H3/b21-20+. The predicted molar refractivity (Wildman–Crippen MR) is 99.1 cm³/mol. The molecule has 0 fully saturated rings. The summed E-state index contributed by atoms with van der Waals surface area (Å²) in [5.74, 6) is 0.565. The average molecular weight is 344 g/mol. The van der Waals surface area contributed by atoms with Gasteiger partial charge in [-0.15, -0.1) is 5.11 Å². The number of nitrogen functional groups attached to an aromatic ring is 1. The predicted octanol–water partition coefficient (Wildman–Crippen LogP) is 2.79. The van der Waals surface area contributed by atoms with Crippen molar-refractivity contribution in [2.45, 2.75) is 6.92 Å². The zero-order valence-electron chi connectivity index (χ0n) is 14.5. The van der Waals surface area contributed by atoms with Gasteiger partial charge in [0.15, 0.2) is 0 Å². The highest BCUT2D eigenvalue weighted by molar-refractivity contribution is 5.60. The second-order valence-corrected chi connectivity index (χ2v) is 5.54. The maximum Gasteiger partial charge on any atom is 0.148 e. The molecule has 0 unspecified atom stereocenters. The number of rotatable bonds is 8. The number of nitrogens with two attached hydrogens (primary N) is 1. The molecule has 25 heavy (non-hydrogen) atoms. The Morgan fingerprint density at radius 1 is 1.00 bits per heavy atom. The Morgan fingerprint density at radius 3 is 2.24 bits per heavy atom. The Bertz CT molecular complexity index is 728. The summed E-state index contributed by atoms with van der Waals surface area (Å²) in [5, 5.41) is 26.8. The number of azo groups is 1. The molecule has 134 valence electrons. The smallest absolute Gasteiger partial charge is 0.148 e. The minimum atomic E-state index is 0.0252. The van der Waals surface area contributed by atoms with Gasteiger partial charge in [0.25, 0.3) is 0 Å². The topological polar surface area (TPSA) is 104 Å². The summed E-state index contributed by atoms with van der Waals surface area (Å²) in [7, 11) is 1.56. The van der Waals surface area contributed by atoms with Crippen molar-refractivity contribution in [1.29, 1.82) is 0 Å². The highest BCUT2D eigenvalue weighted by Gasteiger charge is 2.08. The third kappa shape index (κ3) is 4.91. The molecule has 0 saturated heterocycles. The van der Waals surface area contributed by atoms with Crippen LogP contribution in [0.3, 0.4) is 0 Å². The molecule has 0 saturated carbocycles. The number of hydrogen-bond acceptors (Lipinski definition) is 7. The number of nitrogens with zero attached hydrogens (tertiary/aromatic N) is 3. The van der Waals surface area contributed by atoms with Crippen molar-refractivity contribution in [2.75, 3.05) is 44.0 Å². The number of aryl methyl sites for hydroxylation is 1. The number of methoxy groups -OCH3 is 1. The van der Waals surface area contributed by atoms with Gasteiger partial charge in [0.1, 0.15) is 11.4 Å². The summed E-state index contributed by atoms with van der Waals surface area (Å²) < 4.78 is 5.26. The summed E-state index contributed by atoms with van der Waals surface area (Å²) in [6.45, 7) is 2.91. The van der Waals surface area contributed by atoms with Gasteiger partial charge < -0.3 is 25.6 Å². The van der Waals surface area contributed by atoms with Crippen molar-refractivity contribution >= 4 is 22.7 Å². The largest absolute Gasteiger partial charge is 0.494 e. The minimum Gasteiger partial charge on any atom is -0.494 e. The molecule has 0 aliphatic carbocycles. The molecule has 0 bridgehead atoms. The van der Waals surface area contributed by atoms with Crippen molar-refractivity contribution in [3.8, 4) is 5.75 Å². The van der Waals surface area contributed by atoms with Gasteiger partial charge in [-0.3, -0.25) is 0 Å². The van der Waals surface area contributed by atoms with E-state index in [2.05, 4.69) is 10.2 Å². The third-order valence-corrected chi connectivity index (χ3v) is 3.75. The second kappa shape index (κ2) is 9.00. The summed E-state index contributed by atoms with van der Waals surface area (Å²) in [6, 6.07) is 10.9. The quantitative estimate of drug-likeness (QED) is 0.505. The van der Waals surface area contributed by atoms with E-state index < -0.39 is 0 Å². The molecule has 0 aliphatic rings. The van der Waals surface area contributed by atoms with E-state index in [1.807, 2.05) is 30.0 Å². The molecule has 2 rings (SSSR count). The van der Waals surface area contributed by atoms with Crippen LogP contribution in [0.1, 0.15) is 5.56 Å². The summed E-state index contributed by atoms with van der Waals surface area (Å²) in [6.07, 6.45) is 0. The molecule has 0 spiro atoms. The summed E-state index contributed by atoms with van der Waals surface area (Å²) in [5.41, 5.74) is 9.53. The first-order valence-corrected chi connectivity index (χ1v) is 8.01. The molecular weight excluding hydrogens is 320 g/mol. The zero-order chi connectivity index (χ0) is 18.2. The molecule has 0 heterocycles. The Balaban J connectivity index is 2.23. The lowest BCUT2D eigenvalue weighted by molar-refractivity contribution is 0.281. The van der Waals surface area contributed by atoms with Gasteiger partial charge in [0.2, 0.25) is 0 Å². The number of aliphatic hydroxyl groups is 2. The van der Waals surface area contributed by atoms with Crippen LogP contribution in [-0.2, 0) is 0 Å². The van der Waals surface area contributed by atoms with Crippen LogP contribution in [0.4, 0.5) is 22.7 Å². The number of anilines is 2. The van der Waals surface area contributed by atoms with Crippen LogP contribution in [-0.4, -0.2) is 43.6 Å². The monoisotopic (exact) mass is 344 g/mol. The molecule has 0 aromatic heterocycles. The zero-order valence-corrected chi connectivity index (χ0v) is 14.5. The molecule has 0 atom stereocenters. The first kappa shape index (κ1) is 18.7. The average Bonchev–Trinajstić information content (AvgIpc) is 2.61. The van der Waals surface area contributed by atoms with E-state index in [0.29, 0.717) is 30.2 Å². The molecule has 4 N–H and O–H groups in total. The fraction of sp³-hybridized carbons (Fsp3) is 0.333. The highest BCUT2D eigenvalue weighted by Crippen LogP contribution is 2.32. The Labute approximate surface area is 147 Å². The molecule has 2 aromatic rings. The maximum atomic E-state index is 9.15. The van der Waals surface area contributed by atoms with Crippen LogP contribution in [0, 0.1) is 6.92 Å². The first-order valence-electron chi connectivity index (χ1n) is 8.01. The van der Waals surface area contributed by atoms with Crippen molar-refractivity contribution in [2.24, 2.45) is 10.2 Å². The van der Waals surface area contributed by atoms with Crippen molar-refractivity contribution in [3.05, 3.63) is 42.0 Å². The van der Waals surface area contributed by atoms with Gasteiger partial charge in [-0.2, -0.15) is 5.11 Å². The molecule has 7 heteroatoms. The van der Waals surface area contributed by atoms with E-state index in [0.717, 1.165) is 16.9 Å². The number of benzene rings is 2. The number of aliphatic hydroxyl groups excluding tert-OH is 2. The molecule has 0 aliphatic heterocycles. The lowest BCUT2D eigenvalue weighted by Crippen LogP contribution is -2.29. The van der Waals surface area contributed by atoms with E-state index in [9.17, 15) is 0 Å². The Morgan fingerprint density at radius 2 is 1.64 bits per heavy atom. The van der Waals surface area contributed by atoms with Crippen LogP contribution in [0.25, 0.3) is 0 Å². The maximum absolute atomic E-state index is 9.15. The van der Waals surface area contributed by atoms with Crippen LogP contribution >= 0.6 is 0 Å². The van der Waals surface area contributed by atoms with Crippen LogP contribution in [0.2, 0.25) is 0 Å². The van der Waals surface area contributed by atoms with Crippen LogP contribution in [0.15, 0.2) is 46.6 Å². The molecule has 7 nitrogen and oxygen atoms in total. The normalized spacial score (nSPS) is 11.0. The van der Waals surface area contributed by atoms with Gasteiger partial charge in [0, 0.05) is 30.5 Å². The van der Waals surface area contributed by atoms with Crippen LogP contribution < -0.4 is 15.4 Å². The lowest BCUT2D eigenvalue weighted by Gasteiger charge is -2.23. The lowest BCUT2D eigenvalue weighted by atomic mass is 10.1. The van der Waals surface area contributed by atoms with Crippen molar-refractivity contribution < 1.29 is 14.9 Å². The highest BCUT2D eigenvalue weighted by atomic mass is 16.5.